The van der Waals surface area contributed by atoms with Gasteiger partial charge in [0, 0.05) is 50.2 Å². The van der Waals surface area contributed by atoms with E-state index in [4.69, 9.17) is 9.52 Å². The van der Waals surface area contributed by atoms with Crippen LogP contribution in [0.2, 0.25) is 0 Å². The summed E-state index contributed by atoms with van der Waals surface area (Å²) in [4.78, 5) is 15.8. The van der Waals surface area contributed by atoms with Crippen molar-refractivity contribution in [2.45, 2.75) is 13.1 Å². The molecule has 1 aromatic carbocycles. The number of rotatable bonds is 5. The number of carbonyl (C=O) groups is 1. The van der Waals surface area contributed by atoms with E-state index in [2.05, 4.69) is 32.1 Å². The molecule has 0 radical (unpaired) electrons. The molecular formula is C18H20N4O3. The maximum absolute atomic E-state index is 11.1. The lowest BCUT2D eigenvalue weighted by Gasteiger charge is -2.34. The van der Waals surface area contributed by atoms with Crippen LogP contribution >= 0.6 is 0 Å². The van der Waals surface area contributed by atoms with Crippen molar-refractivity contribution < 1.29 is 14.3 Å². The summed E-state index contributed by atoms with van der Waals surface area (Å²) in [6.07, 6.45) is 3.33. The molecule has 0 amide bonds. The van der Waals surface area contributed by atoms with Crippen LogP contribution in [0.3, 0.4) is 0 Å². The second-order valence-corrected chi connectivity index (χ2v) is 6.38. The standard InChI is InChI=1S/C18H20N4O3/c23-18(24)17-14(4-9-25-17)12-22-7-5-21(6-8-22)11-13-2-1-3-16-15(13)10-19-20-16/h1-4,9-10H,5-8,11-12H2,(H,19,20)(H,23,24). The highest BCUT2D eigenvalue weighted by Crippen LogP contribution is 2.19. The lowest BCUT2D eigenvalue weighted by atomic mass is 10.1. The third-order valence-corrected chi connectivity index (χ3v) is 4.77. The molecule has 1 aliphatic rings. The number of aromatic nitrogens is 2. The highest BCUT2D eigenvalue weighted by atomic mass is 16.4. The number of hydrogen-bond acceptors (Lipinski definition) is 5. The van der Waals surface area contributed by atoms with Gasteiger partial charge >= 0.3 is 5.97 Å². The third kappa shape index (κ3) is 3.29. The predicted octanol–water partition coefficient (Wildman–Crippen LogP) is 2.17. The molecule has 4 rings (SSSR count). The summed E-state index contributed by atoms with van der Waals surface area (Å²) in [5.74, 6) is -0.957. The predicted molar refractivity (Wildman–Crippen MR) is 92.3 cm³/mol. The fraction of sp³-hybridized carbons (Fsp3) is 0.333. The summed E-state index contributed by atoms with van der Waals surface area (Å²) < 4.78 is 5.06. The van der Waals surface area contributed by atoms with Crippen LogP contribution in [0.15, 0.2) is 41.1 Å². The van der Waals surface area contributed by atoms with Gasteiger partial charge in [0.2, 0.25) is 5.76 Å². The molecule has 0 atom stereocenters. The van der Waals surface area contributed by atoms with Gasteiger partial charge in [0.05, 0.1) is 18.0 Å². The zero-order chi connectivity index (χ0) is 17.2. The molecule has 7 nitrogen and oxygen atoms in total. The Balaban J connectivity index is 1.36. The van der Waals surface area contributed by atoms with Crippen molar-refractivity contribution in [3.63, 3.8) is 0 Å². The van der Waals surface area contributed by atoms with Gasteiger partial charge in [-0.2, -0.15) is 5.10 Å². The molecule has 1 aliphatic heterocycles. The van der Waals surface area contributed by atoms with Crippen molar-refractivity contribution in [3.05, 3.63) is 53.6 Å². The topological polar surface area (TPSA) is 85.6 Å². The van der Waals surface area contributed by atoms with Crippen molar-refractivity contribution >= 4 is 16.9 Å². The number of piperazine rings is 1. The van der Waals surface area contributed by atoms with Gasteiger partial charge in [0.15, 0.2) is 0 Å². The number of hydrogen-bond donors (Lipinski definition) is 2. The molecule has 0 spiro atoms. The molecule has 0 bridgehead atoms. The van der Waals surface area contributed by atoms with E-state index in [-0.39, 0.29) is 5.76 Å². The molecule has 130 valence electrons. The minimum Gasteiger partial charge on any atom is -0.475 e. The summed E-state index contributed by atoms with van der Waals surface area (Å²) in [5.41, 5.74) is 3.09. The van der Waals surface area contributed by atoms with Gasteiger partial charge < -0.3 is 9.52 Å². The fourth-order valence-electron chi connectivity index (χ4n) is 3.40. The molecule has 1 fully saturated rings. The molecule has 1 saturated heterocycles. The number of benzene rings is 1. The molecule has 25 heavy (non-hydrogen) atoms. The van der Waals surface area contributed by atoms with Crippen LogP contribution in [0.5, 0.6) is 0 Å². The van der Waals surface area contributed by atoms with E-state index in [9.17, 15) is 4.79 Å². The smallest absolute Gasteiger partial charge is 0.372 e. The minimum atomic E-state index is -1.01. The average molecular weight is 340 g/mol. The summed E-state index contributed by atoms with van der Waals surface area (Å²) in [6.45, 7) is 5.24. The summed E-state index contributed by atoms with van der Waals surface area (Å²) in [7, 11) is 0. The van der Waals surface area contributed by atoms with Gasteiger partial charge in [-0.15, -0.1) is 0 Å². The molecule has 2 aromatic heterocycles. The van der Waals surface area contributed by atoms with Crippen molar-refractivity contribution in [1.82, 2.24) is 20.0 Å². The minimum absolute atomic E-state index is 0.0501. The van der Waals surface area contributed by atoms with Gasteiger partial charge in [-0.25, -0.2) is 4.79 Å². The quantitative estimate of drug-likeness (QED) is 0.740. The van der Waals surface area contributed by atoms with Crippen LogP contribution in [0.4, 0.5) is 0 Å². The van der Waals surface area contributed by atoms with E-state index in [1.807, 2.05) is 12.3 Å². The number of nitrogens with zero attached hydrogens (tertiary/aromatic N) is 3. The van der Waals surface area contributed by atoms with Gasteiger partial charge in [0.1, 0.15) is 0 Å². The van der Waals surface area contributed by atoms with Crippen LogP contribution in [0, 0.1) is 0 Å². The molecule has 3 aromatic rings. The number of aromatic amines is 1. The van der Waals surface area contributed by atoms with Crippen LogP contribution in [-0.4, -0.2) is 57.3 Å². The van der Waals surface area contributed by atoms with Crippen LogP contribution in [0.25, 0.3) is 10.9 Å². The van der Waals surface area contributed by atoms with Gasteiger partial charge in [0.25, 0.3) is 0 Å². The first-order valence-corrected chi connectivity index (χ1v) is 8.36. The first kappa shape index (κ1) is 15.9. The van der Waals surface area contributed by atoms with E-state index in [0.717, 1.165) is 43.8 Å². The van der Waals surface area contributed by atoms with Crippen molar-refractivity contribution in [3.8, 4) is 0 Å². The van der Waals surface area contributed by atoms with Crippen molar-refractivity contribution in [2.24, 2.45) is 0 Å². The first-order chi connectivity index (χ1) is 12.2. The Hall–Kier alpha value is -2.64. The summed E-state index contributed by atoms with van der Waals surface area (Å²) in [6, 6.07) is 7.98. The molecule has 7 heteroatoms. The second kappa shape index (κ2) is 6.70. The Labute approximate surface area is 144 Å². The van der Waals surface area contributed by atoms with Crippen molar-refractivity contribution in [1.29, 1.82) is 0 Å². The molecular weight excluding hydrogens is 320 g/mol. The lowest BCUT2D eigenvalue weighted by Crippen LogP contribution is -2.45. The third-order valence-electron chi connectivity index (χ3n) is 4.77. The Kier molecular flexibility index (Phi) is 4.25. The maximum atomic E-state index is 11.1. The molecule has 0 unspecified atom stereocenters. The number of furan rings is 1. The molecule has 0 aliphatic carbocycles. The summed E-state index contributed by atoms with van der Waals surface area (Å²) in [5, 5.41) is 17.4. The fourth-order valence-corrected chi connectivity index (χ4v) is 3.40. The number of fused-ring (bicyclic) bond motifs is 1. The van der Waals surface area contributed by atoms with E-state index < -0.39 is 5.97 Å². The Morgan fingerprint density at radius 2 is 1.84 bits per heavy atom. The lowest BCUT2D eigenvalue weighted by molar-refractivity contribution is 0.0656. The number of H-pyrrole nitrogens is 1. The zero-order valence-corrected chi connectivity index (χ0v) is 13.8. The second-order valence-electron chi connectivity index (χ2n) is 6.38. The van der Waals surface area contributed by atoms with E-state index in [0.29, 0.717) is 6.54 Å². The normalized spacial score (nSPS) is 16.5. The Morgan fingerprint density at radius 3 is 2.56 bits per heavy atom. The highest BCUT2D eigenvalue weighted by Gasteiger charge is 2.21. The summed E-state index contributed by atoms with van der Waals surface area (Å²) >= 11 is 0. The number of aromatic carboxylic acids is 1. The Morgan fingerprint density at radius 1 is 1.12 bits per heavy atom. The molecule has 0 saturated carbocycles. The Bertz CT molecular complexity index is 877. The maximum Gasteiger partial charge on any atom is 0.372 e. The first-order valence-electron chi connectivity index (χ1n) is 8.36. The van der Waals surface area contributed by atoms with E-state index in [1.165, 1.54) is 17.2 Å². The van der Waals surface area contributed by atoms with Crippen LogP contribution in [-0.2, 0) is 13.1 Å². The number of nitrogens with one attached hydrogen (secondary N) is 1. The zero-order valence-electron chi connectivity index (χ0n) is 13.8. The number of carboxylic acids is 1. The van der Waals surface area contributed by atoms with Gasteiger partial charge in [-0.3, -0.25) is 14.9 Å². The SMILES string of the molecule is O=C(O)c1occc1CN1CCN(Cc2cccc3[nH]ncc23)CC1. The van der Waals surface area contributed by atoms with Crippen LogP contribution in [0.1, 0.15) is 21.7 Å². The highest BCUT2D eigenvalue weighted by molar-refractivity contribution is 5.86. The van der Waals surface area contributed by atoms with Crippen LogP contribution < -0.4 is 0 Å². The average Bonchev–Trinajstić information content (AvgIpc) is 3.26. The van der Waals surface area contributed by atoms with Gasteiger partial charge in [-0.1, -0.05) is 12.1 Å². The van der Waals surface area contributed by atoms with Crippen molar-refractivity contribution in [2.75, 3.05) is 26.2 Å². The van der Waals surface area contributed by atoms with Gasteiger partial charge in [-0.05, 0) is 17.7 Å². The largest absolute Gasteiger partial charge is 0.475 e. The number of carboxylic acid groups (broad SMARTS) is 1. The van der Waals surface area contributed by atoms with E-state index in [1.54, 1.807) is 6.07 Å². The van der Waals surface area contributed by atoms with E-state index >= 15 is 0 Å². The molecule has 3 heterocycles. The molecule has 2 N–H and O–H groups in total. The monoisotopic (exact) mass is 340 g/mol.